The highest BCUT2D eigenvalue weighted by Gasteiger charge is 2.27. The summed E-state index contributed by atoms with van der Waals surface area (Å²) in [5.74, 6) is 0.700. The van der Waals surface area contributed by atoms with Crippen molar-refractivity contribution in [2.24, 2.45) is 10.7 Å². The Morgan fingerprint density at radius 2 is 1.90 bits per heavy atom. The maximum atomic E-state index is 5.96. The Morgan fingerprint density at radius 3 is 2.45 bits per heavy atom. The van der Waals surface area contributed by atoms with Crippen LogP contribution in [0.2, 0.25) is 0 Å². The van der Waals surface area contributed by atoms with Gasteiger partial charge in [0.15, 0.2) is 5.96 Å². The highest BCUT2D eigenvalue weighted by Crippen LogP contribution is 2.24. The molecule has 1 saturated heterocycles. The van der Waals surface area contributed by atoms with E-state index in [0.717, 1.165) is 32.6 Å². The molecular weight excluding hydrogens is 367 g/mol. The molecule has 2 N–H and O–H groups in total. The molecule has 6 heteroatoms. The lowest BCUT2D eigenvalue weighted by molar-refractivity contribution is -0.0679. The molecule has 0 bridgehead atoms. The summed E-state index contributed by atoms with van der Waals surface area (Å²) < 4.78 is 5.73. The van der Waals surface area contributed by atoms with Crippen LogP contribution in [0.3, 0.4) is 0 Å². The van der Waals surface area contributed by atoms with Gasteiger partial charge in [-0.1, -0.05) is 0 Å². The van der Waals surface area contributed by atoms with Gasteiger partial charge in [-0.25, -0.2) is 0 Å². The average Bonchev–Trinajstić information content (AvgIpc) is 3.16. The molecule has 1 aliphatic heterocycles. The molecule has 1 heterocycles. The molecule has 5 nitrogen and oxygen atoms in total. The van der Waals surface area contributed by atoms with Crippen molar-refractivity contribution in [3.8, 4) is 0 Å². The summed E-state index contributed by atoms with van der Waals surface area (Å²) in [7, 11) is 2.04. The van der Waals surface area contributed by atoms with Gasteiger partial charge in [0.2, 0.25) is 0 Å². The van der Waals surface area contributed by atoms with Gasteiger partial charge in [-0.3, -0.25) is 9.89 Å². The average molecular weight is 396 g/mol. The Labute approximate surface area is 139 Å². The minimum absolute atomic E-state index is 0. The highest BCUT2D eigenvalue weighted by molar-refractivity contribution is 14.0. The first-order valence-electron chi connectivity index (χ1n) is 7.47. The molecule has 2 fully saturated rings. The van der Waals surface area contributed by atoms with E-state index in [2.05, 4.69) is 28.6 Å². The predicted octanol–water partition coefficient (Wildman–Crippen LogP) is 1.51. The van der Waals surface area contributed by atoms with Crippen LogP contribution in [0.1, 0.15) is 33.1 Å². The van der Waals surface area contributed by atoms with Gasteiger partial charge >= 0.3 is 0 Å². The first-order valence-corrected chi connectivity index (χ1v) is 7.47. The van der Waals surface area contributed by atoms with Crippen LogP contribution < -0.4 is 5.73 Å². The van der Waals surface area contributed by atoms with Crippen LogP contribution in [-0.4, -0.2) is 67.2 Å². The van der Waals surface area contributed by atoms with Gasteiger partial charge in [-0.15, -0.1) is 24.0 Å². The van der Waals surface area contributed by atoms with Gasteiger partial charge in [0, 0.05) is 39.3 Å². The highest BCUT2D eigenvalue weighted by atomic mass is 127. The second-order valence-corrected chi connectivity index (χ2v) is 5.95. The zero-order chi connectivity index (χ0) is 13.8. The van der Waals surface area contributed by atoms with E-state index in [9.17, 15) is 0 Å². The van der Waals surface area contributed by atoms with Crippen LogP contribution >= 0.6 is 24.0 Å². The van der Waals surface area contributed by atoms with Crippen LogP contribution in [0.25, 0.3) is 0 Å². The third-order valence-corrected chi connectivity index (χ3v) is 3.86. The van der Waals surface area contributed by atoms with Gasteiger partial charge < -0.3 is 15.4 Å². The summed E-state index contributed by atoms with van der Waals surface area (Å²) in [6.07, 6.45) is 4.28. The first kappa shape index (κ1) is 18.0. The van der Waals surface area contributed by atoms with Gasteiger partial charge in [0.25, 0.3) is 0 Å². The molecule has 0 aromatic heterocycles. The number of halogens is 1. The maximum absolute atomic E-state index is 5.96. The van der Waals surface area contributed by atoms with Crippen molar-refractivity contribution in [1.29, 1.82) is 0 Å². The Hall–Kier alpha value is -0.0800. The fourth-order valence-electron chi connectivity index (χ4n) is 2.72. The molecule has 0 aromatic rings. The van der Waals surface area contributed by atoms with Gasteiger partial charge in [-0.2, -0.15) is 0 Å². The van der Waals surface area contributed by atoms with E-state index < -0.39 is 0 Å². The van der Waals surface area contributed by atoms with E-state index in [1.165, 1.54) is 12.8 Å². The Morgan fingerprint density at radius 1 is 1.30 bits per heavy atom. The number of rotatable bonds is 5. The van der Waals surface area contributed by atoms with Crippen LogP contribution in [0.4, 0.5) is 0 Å². The standard InChI is InChI=1S/C14H28N4O.HI/c1-11-9-18(10-12(2)19-11)8-4-7-16-14(15)17(3)13-5-6-13;/h11-13H,4-10H2,1-3H3,(H2,15,16);1H. The lowest BCUT2D eigenvalue weighted by Gasteiger charge is -2.35. The van der Waals surface area contributed by atoms with Gasteiger partial charge in [-0.05, 0) is 33.1 Å². The lowest BCUT2D eigenvalue weighted by Crippen LogP contribution is -2.45. The fraction of sp³-hybridized carbons (Fsp3) is 0.929. The third-order valence-electron chi connectivity index (χ3n) is 3.86. The topological polar surface area (TPSA) is 54.1 Å². The van der Waals surface area contributed by atoms with Crippen molar-refractivity contribution in [2.75, 3.05) is 33.2 Å². The van der Waals surface area contributed by atoms with Crippen molar-refractivity contribution < 1.29 is 4.74 Å². The summed E-state index contributed by atoms with van der Waals surface area (Å²) in [6, 6.07) is 0.643. The SMILES string of the molecule is CC1CN(CCCN=C(N)N(C)C2CC2)CC(C)O1.I. The Bertz CT molecular complexity index is 312. The number of guanidine groups is 1. The van der Waals surface area contributed by atoms with Crippen LogP contribution in [0.15, 0.2) is 4.99 Å². The number of morpholine rings is 1. The quantitative estimate of drug-likeness (QED) is 0.331. The zero-order valence-electron chi connectivity index (χ0n) is 12.9. The molecule has 2 atom stereocenters. The molecule has 0 aromatic carbocycles. The summed E-state index contributed by atoms with van der Waals surface area (Å²) in [4.78, 5) is 9.05. The molecular formula is C14H29IN4O. The normalized spacial score (nSPS) is 28.1. The number of ether oxygens (including phenoxy) is 1. The van der Waals surface area contributed by atoms with E-state index in [1.807, 2.05) is 7.05 Å². The van der Waals surface area contributed by atoms with E-state index in [-0.39, 0.29) is 24.0 Å². The predicted molar refractivity (Wildman–Crippen MR) is 93.8 cm³/mol. The summed E-state index contributed by atoms with van der Waals surface area (Å²) >= 11 is 0. The minimum atomic E-state index is 0. The summed E-state index contributed by atoms with van der Waals surface area (Å²) in [5.41, 5.74) is 5.96. The van der Waals surface area contributed by atoms with Crippen molar-refractivity contribution in [1.82, 2.24) is 9.80 Å². The minimum Gasteiger partial charge on any atom is -0.373 e. The number of nitrogens with two attached hydrogens (primary N) is 1. The molecule has 1 saturated carbocycles. The molecule has 0 radical (unpaired) electrons. The largest absolute Gasteiger partial charge is 0.373 e. The zero-order valence-corrected chi connectivity index (χ0v) is 15.2. The molecule has 2 aliphatic rings. The molecule has 2 rings (SSSR count). The van der Waals surface area contributed by atoms with Crippen molar-refractivity contribution in [2.45, 2.75) is 51.4 Å². The summed E-state index contributed by atoms with van der Waals surface area (Å²) in [5, 5.41) is 0. The number of hydrogen-bond donors (Lipinski definition) is 1. The molecule has 0 spiro atoms. The van der Waals surface area contributed by atoms with Gasteiger partial charge in [0.1, 0.15) is 0 Å². The van der Waals surface area contributed by atoms with E-state index in [4.69, 9.17) is 10.5 Å². The van der Waals surface area contributed by atoms with Crippen molar-refractivity contribution >= 4 is 29.9 Å². The van der Waals surface area contributed by atoms with Crippen molar-refractivity contribution in [3.05, 3.63) is 0 Å². The van der Waals surface area contributed by atoms with E-state index in [1.54, 1.807) is 0 Å². The molecule has 20 heavy (non-hydrogen) atoms. The molecule has 1 aliphatic carbocycles. The monoisotopic (exact) mass is 396 g/mol. The second-order valence-electron chi connectivity index (χ2n) is 5.95. The second kappa shape index (κ2) is 8.38. The lowest BCUT2D eigenvalue weighted by atomic mass is 10.2. The van der Waals surface area contributed by atoms with Crippen LogP contribution in [0, 0.1) is 0 Å². The number of aliphatic imine (C=N–C) groups is 1. The molecule has 0 amide bonds. The van der Waals surface area contributed by atoms with E-state index in [0.29, 0.717) is 24.2 Å². The first-order chi connectivity index (χ1) is 9.06. The van der Waals surface area contributed by atoms with E-state index >= 15 is 0 Å². The third kappa shape index (κ3) is 5.73. The smallest absolute Gasteiger partial charge is 0.191 e. The van der Waals surface area contributed by atoms with Crippen LogP contribution in [-0.2, 0) is 4.74 Å². The summed E-state index contributed by atoms with van der Waals surface area (Å²) in [6.45, 7) is 8.26. The van der Waals surface area contributed by atoms with Crippen molar-refractivity contribution in [3.63, 3.8) is 0 Å². The van der Waals surface area contributed by atoms with Gasteiger partial charge in [0.05, 0.1) is 12.2 Å². The molecule has 2 unspecified atom stereocenters. The Balaban J connectivity index is 0.00000200. The number of nitrogens with zero attached hydrogens (tertiary/aromatic N) is 3. The molecule has 118 valence electrons. The fourth-order valence-corrected chi connectivity index (χ4v) is 2.72. The van der Waals surface area contributed by atoms with Crippen LogP contribution in [0.5, 0.6) is 0 Å². The number of hydrogen-bond acceptors (Lipinski definition) is 3. The Kier molecular flexibility index (Phi) is 7.53. The maximum Gasteiger partial charge on any atom is 0.191 e.